The third-order valence-electron chi connectivity index (χ3n) is 3.65. The van der Waals surface area contributed by atoms with E-state index in [1.54, 1.807) is 0 Å². The fourth-order valence-electron chi connectivity index (χ4n) is 2.23. The smallest absolute Gasteiger partial charge is 0.449 e. The maximum atomic E-state index is 13.7. The first-order chi connectivity index (χ1) is 14.7. The summed E-state index contributed by atoms with van der Waals surface area (Å²) in [5.41, 5.74) is -0.196. The predicted molar refractivity (Wildman–Crippen MR) is 86.8 cm³/mol. The van der Waals surface area contributed by atoms with Crippen molar-refractivity contribution in [3.63, 3.8) is 0 Å². The summed E-state index contributed by atoms with van der Waals surface area (Å²) in [5, 5.41) is 21.2. The fourth-order valence-corrected chi connectivity index (χ4v) is 2.44. The first-order valence-electron chi connectivity index (χ1n) is 7.95. The summed E-state index contributed by atoms with van der Waals surface area (Å²) in [6, 6.07) is 3.79. The zero-order valence-electron chi connectivity index (χ0n) is 14.9. The van der Waals surface area contributed by atoms with E-state index in [2.05, 4.69) is 30.2 Å². The van der Waals surface area contributed by atoms with Gasteiger partial charge in [-0.25, -0.2) is 9.78 Å². The predicted octanol–water partition coefficient (Wildman–Crippen LogP) is 3.30. The van der Waals surface area contributed by atoms with E-state index in [9.17, 15) is 35.5 Å². The number of pyridine rings is 1. The van der Waals surface area contributed by atoms with Crippen LogP contribution < -0.4 is 4.74 Å². The molecule has 3 aromatic heterocycles. The lowest BCUT2D eigenvalue weighted by molar-refractivity contribution is -0.361. The SMILES string of the molecule is O=C(O)Oc1cc(Cn2nnc(C(F)(F)C(F)(F)C(F)(F)F)n2)nn1-c1ncccc1Cl. The molecule has 10 nitrogen and oxygen atoms in total. The van der Waals surface area contributed by atoms with Crippen molar-refractivity contribution in [1.29, 1.82) is 0 Å². The van der Waals surface area contributed by atoms with Crippen LogP contribution in [0.25, 0.3) is 5.82 Å². The van der Waals surface area contributed by atoms with Gasteiger partial charge in [0.2, 0.25) is 5.88 Å². The van der Waals surface area contributed by atoms with Gasteiger partial charge in [0.1, 0.15) is 6.54 Å². The molecule has 0 amide bonds. The molecule has 1 N–H and O–H groups in total. The molecule has 0 saturated carbocycles. The van der Waals surface area contributed by atoms with Crippen LogP contribution in [0.5, 0.6) is 5.88 Å². The summed E-state index contributed by atoms with van der Waals surface area (Å²) in [6.45, 7) is -0.700. The summed E-state index contributed by atoms with van der Waals surface area (Å²) in [6.07, 6.45) is -7.06. The molecular weight excluding hydrogens is 483 g/mol. The van der Waals surface area contributed by atoms with E-state index in [-0.39, 0.29) is 21.3 Å². The Labute approximate surface area is 176 Å². The second kappa shape index (κ2) is 7.88. The molecule has 0 spiro atoms. The van der Waals surface area contributed by atoms with E-state index in [0.29, 0.717) is 0 Å². The number of carbonyl (C=O) groups is 1. The first-order valence-corrected chi connectivity index (χ1v) is 8.33. The summed E-state index contributed by atoms with van der Waals surface area (Å²) in [4.78, 5) is 15.0. The van der Waals surface area contributed by atoms with Gasteiger partial charge in [0, 0.05) is 12.3 Å². The standard InChI is InChI=1S/C14H7ClF7N7O3/c15-7-2-1-3-23-9(7)29-8(32-11(30)31)4-6(25-29)5-28-26-10(24-27-28)12(16,17)13(18,19)14(20,21)22/h1-4H,5H2,(H,30,31). The summed E-state index contributed by atoms with van der Waals surface area (Å²) < 4.78 is 95.9. The molecule has 0 atom stereocenters. The number of aromatic nitrogens is 7. The van der Waals surface area contributed by atoms with Crippen LogP contribution in [0.3, 0.4) is 0 Å². The van der Waals surface area contributed by atoms with Gasteiger partial charge >= 0.3 is 24.2 Å². The van der Waals surface area contributed by atoms with Crippen LogP contribution in [-0.4, -0.2) is 58.3 Å². The minimum absolute atomic E-state index is 0.00702. The Morgan fingerprint density at radius 3 is 2.44 bits per heavy atom. The fraction of sp³-hybridized carbons (Fsp3) is 0.286. The van der Waals surface area contributed by atoms with Crippen molar-refractivity contribution in [2.45, 2.75) is 24.6 Å². The van der Waals surface area contributed by atoms with Crippen molar-refractivity contribution in [2.24, 2.45) is 0 Å². The van der Waals surface area contributed by atoms with Crippen LogP contribution >= 0.6 is 11.6 Å². The van der Waals surface area contributed by atoms with Gasteiger partial charge in [-0.2, -0.15) is 45.3 Å². The molecule has 3 aromatic rings. The van der Waals surface area contributed by atoms with Gasteiger partial charge in [0.25, 0.3) is 5.82 Å². The molecule has 0 radical (unpaired) electrons. The Morgan fingerprint density at radius 2 is 1.84 bits per heavy atom. The van der Waals surface area contributed by atoms with E-state index in [4.69, 9.17) is 16.7 Å². The number of halogens is 8. The summed E-state index contributed by atoms with van der Waals surface area (Å²) in [7, 11) is 0. The van der Waals surface area contributed by atoms with Crippen molar-refractivity contribution in [3.05, 3.63) is 40.9 Å². The number of hydrogen-bond donors (Lipinski definition) is 1. The van der Waals surface area contributed by atoms with Gasteiger partial charge in [-0.1, -0.05) is 11.6 Å². The minimum atomic E-state index is -6.58. The molecule has 3 rings (SSSR count). The van der Waals surface area contributed by atoms with E-state index in [1.165, 1.54) is 18.3 Å². The number of nitrogens with zero attached hydrogens (tertiary/aromatic N) is 7. The maximum Gasteiger partial charge on any atom is 0.512 e. The quantitative estimate of drug-likeness (QED) is 0.413. The lowest BCUT2D eigenvalue weighted by atomic mass is 10.1. The van der Waals surface area contributed by atoms with Crippen LogP contribution in [0.1, 0.15) is 11.5 Å². The molecule has 0 aliphatic rings. The molecule has 3 heterocycles. The largest absolute Gasteiger partial charge is 0.512 e. The lowest BCUT2D eigenvalue weighted by Crippen LogP contribution is -2.50. The molecule has 0 unspecified atom stereocenters. The lowest BCUT2D eigenvalue weighted by Gasteiger charge is -2.25. The van der Waals surface area contributed by atoms with Crippen LogP contribution in [-0.2, 0) is 12.5 Å². The van der Waals surface area contributed by atoms with Crippen molar-refractivity contribution in [2.75, 3.05) is 0 Å². The highest BCUT2D eigenvalue weighted by molar-refractivity contribution is 6.32. The number of hydrogen-bond acceptors (Lipinski definition) is 7. The van der Waals surface area contributed by atoms with Crippen LogP contribution in [0.2, 0.25) is 5.02 Å². The highest BCUT2D eigenvalue weighted by Gasteiger charge is 2.75. The van der Waals surface area contributed by atoms with Crippen LogP contribution in [0, 0.1) is 0 Å². The van der Waals surface area contributed by atoms with Crippen LogP contribution in [0.15, 0.2) is 24.4 Å². The number of rotatable bonds is 6. The second-order valence-electron chi connectivity index (χ2n) is 5.85. The van der Waals surface area contributed by atoms with Crippen molar-refractivity contribution >= 4 is 17.8 Å². The highest BCUT2D eigenvalue weighted by atomic mass is 35.5. The summed E-state index contributed by atoms with van der Waals surface area (Å²) in [5.74, 6) is -15.0. The Bertz CT molecular complexity index is 1150. The maximum absolute atomic E-state index is 13.7. The number of alkyl halides is 7. The number of tetrazole rings is 1. The van der Waals surface area contributed by atoms with Gasteiger partial charge in [0.15, 0.2) is 5.82 Å². The molecule has 0 saturated heterocycles. The Morgan fingerprint density at radius 1 is 1.16 bits per heavy atom. The minimum Gasteiger partial charge on any atom is -0.449 e. The normalized spacial score (nSPS) is 12.8. The third-order valence-corrected chi connectivity index (χ3v) is 3.94. The molecule has 0 fully saturated rings. The second-order valence-corrected chi connectivity index (χ2v) is 6.26. The molecular formula is C14H7ClF7N7O3. The first kappa shape index (κ1) is 23.2. The molecule has 0 aromatic carbocycles. The monoisotopic (exact) mass is 489 g/mol. The highest BCUT2D eigenvalue weighted by Crippen LogP contribution is 2.50. The molecule has 32 heavy (non-hydrogen) atoms. The van der Waals surface area contributed by atoms with Crippen molar-refractivity contribution in [1.82, 2.24) is 35.0 Å². The van der Waals surface area contributed by atoms with Crippen molar-refractivity contribution in [3.8, 4) is 11.7 Å². The zero-order valence-corrected chi connectivity index (χ0v) is 15.7. The van der Waals surface area contributed by atoms with Crippen LogP contribution in [0.4, 0.5) is 35.5 Å². The van der Waals surface area contributed by atoms with Gasteiger partial charge in [-0.3, -0.25) is 0 Å². The average Bonchev–Trinajstić information content (AvgIpc) is 3.28. The third kappa shape index (κ3) is 4.14. The Balaban J connectivity index is 1.93. The van der Waals surface area contributed by atoms with E-state index in [1.807, 2.05) is 0 Å². The average molecular weight is 490 g/mol. The van der Waals surface area contributed by atoms with E-state index in [0.717, 1.165) is 10.7 Å². The van der Waals surface area contributed by atoms with Gasteiger partial charge < -0.3 is 9.84 Å². The molecule has 18 heteroatoms. The topological polar surface area (TPSA) is 121 Å². The number of carboxylic acid groups (broad SMARTS) is 1. The Kier molecular flexibility index (Phi) is 5.71. The Hall–Kier alpha value is -3.50. The number of ether oxygens (including phenoxy) is 1. The molecule has 0 aliphatic carbocycles. The van der Waals surface area contributed by atoms with Gasteiger partial charge in [-0.05, 0) is 17.3 Å². The van der Waals surface area contributed by atoms with E-state index < -0.39 is 42.4 Å². The molecule has 0 aliphatic heterocycles. The molecule has 0 bridgehead atoms. The molecule has 172 valence electrons. The summed E-state index contributed by atoms with van der Waals surface area (Å²) >= 11 is 5.96. The zero-order chi connectivity index (χ0) is 23.9. The van der Waals surface area contributed by atoms with Gasteiger partial charge in [0.05, 0.1) is 10.7 Å². The van der Waals surface area contributed by atoms with Gasteiger partial charge in [-0.15, -0.1) is 10.2 Å². The van der Waals surface area contributed by atoms with Crippen molar-refractivity contribution < 1.29 is 45.4 Å². The van der Waals surface area contributed by atoms with E-state index >= 15 is 0 Å².